The largest absolute Gasteiger partial charge is 0.403 e. The molecule has 42 heavy (non-hydrogen) atoms. The topological polar surface area (TPSA) is 48.7 Å². The maximum atomic E-state index is 5.18. The molecule has 0 unspecified atom stereocenters. The lowest BCUT2D eigenvalue weighted by atomic mass is 9.77. The van der Waals surface area contributed by atoms with Gasteiger partial charge in [0, 0.05) is 34.9 Å². The molecule has 5 nitrogen and oxygen atoms in total. The second kappa shape index (κ2) is 11.2. The molecular formula is C37H36N5+. The van der Waals surface area contributed by atoms with Crippen LogP contribution < -0.4 is 9.70 Å². The molecule has 208 valence electrons. The Morgan fingerprint density at radius 1 is 0.762 bits per heavy atom. The number of H-pyrrole nitrogens is 1. The standard InChI is InChI=1S/C37H35N5/c1-28(34-23-13-15-30-14-11-12-22-35(30)34)26-29-24-25-41(27-29)36-38-40-42(39-36)37(31-16-5-2-6-17-31,32-18-7-3-8-19-32)33-20-9-4-10-21-33/h2-23,28-29H,24-27H2,1H3/p+1/t28-,29+/m0/s1. The zero-order chi connectivity index (χ0) is 28.4. The first-order valence-electron chi connectivity index (χ1n) is 15.0. The van der Waals surface area contributed by atoms with E-state index in [1.165, 1.54) is 16.3 Å². The van der Waals surface area contributed by atoms with Gasteiger partial charge in [-0.05, 0) is 51.0 Å². The fraction of sp³-hybridized carbons (Fsp3) is 0.216. The molecule has 6 aromatic rings. The fourth-order valence-electron chi connectivity index (χ4n) is 6.93. The number of aromatic amines is 1. The van der Waals surface area contributed by atoms with Crippen LogP contribution in [0.2, 0.25) is 0 Å². The van der Waals surface area contributed by atoms with E-state index >= 15 is 0 Å². The summed E-state index contributed by atoms with van der Waals surface area (Å²) in [6, 6.07) is 47.2. The number of nitrogens with one attached hydrogen (secondary N) is 1. The van der Waals surface area contributed by atoms with Crippen LogP contribution in [-0.4, -0.2) is 28.5 Å². The molecule has 0 radical (unpaired) electrons. The molecular weight excluding hydrogens is 514 g/mol. The Hall–Kier alpha value is -4.77. The Morgan fingerprint density at radius 3 is 1.98 bits per heavy atom. The maximum absolute atomic E-state index is 5.18. The lowest BCUT2D eigenvalue weighted by Gasteiger charge is -2.29. The van der Waals surface area contributed by atoms with E-state index in [0.29, 0.717) is 11.8 Å². The molecule has 0 bridgehead atoms. The van der Waals surface area contributed by atoms with E-state index in [1.54, 1.807) is 0 Å². The van der Waals surface area contributed by atoms with Gasteiger partial charge in [-0.1, -0.05) is 140 Å². The average molecular weight is 551 g/mol. The second-order valence-electron chi connectivity index (χ2n) is 11.5. The van der Waals surface area contributed by atoms with Gasteiger partial charge in [-0.15, -0.1) is 0 Å². The SMILES string of the molecule is C[C@@H](C[C@H]1CCN(c2n[nH][n+](C(c3ccccc3)(c3ccccc3)c3ccccc3)n2)C1)c1cccc2ccccc12. The molecule has 2 heterocycles. The van der Waals surface area contributed by atoms with Gasteiger partial charge in [-0.3, -0.25) is 0 Å². The fourth-order valence-corrected chi connectivity index (χ4v) is 6.93. The van der Waals surface area contributed by atoms with Crippen molar-refractivity contribution in [3.8, 4) is 0 Å². The average Bonchev–Trinajstić information content (AvgIpc) is 3.73. The van der Waals surface area contributed by atoms with Crippen molar-refractivity contribution in [1.82, 2.24) is 15.4 Å². The minimum Gasteiger partial charge on any atom is -0.315 e. The smallest absolute Gasteiger partial charge is 0.315 e. The summed E-state index contributed by atoms with van der Waals surface area (Å²) >= 11 is 0. The number of rotatable bonds is 8. The summed E-state index contributed by atoms with van der Waals surface area (Å²) in [6.45, 7) is 4.29. The van der Waals surface area contributed by atoms with E-state index in [9.17, 15) is 0 Å². The van der Waals surface area contributed by atoms with Crippen LogP contribution in [0.25, 0.3) is 10.8 Å². The van der Waals surface area contributed by atoms with E-state index in [2.05, 4.69) is 150 Å². The van der Waals surface area contributed by atoms with E-state index in [4.69, 9.17) is 10.2 Å². The highest BCUT2D eigenvalue weighted by Crippen LogP contribution is 2.37. The third-order valence-electron chi connectivity index (χ3n) is 8.94. The van der Waals surface area contributed by atoms with Crippen molar-refractivity contribution in [1.29, 1.82) is 0 Å². The molecule has 1 fully saturated rings. The van der Waals surface area contributed by atoms with Gasteiger partial charge in [0.25, 0.3) is 0 Å². The summed E-state index contributed by atoms with van der Waals surface area (Å²) in [5.74, 6) is 1.83. The van der Waals surface area contributed by atoms with Crippen LogP contribution in [0.4, 0.5) is 5.95 Å². The van der Waals surface area contributed by atoms with Crippen molar-refractivity contribution in [3.63, 3.8) is 0 Å². The van der Waals surface area contributed by atoms with E-state index < -0.39 is 5.54 Å². The summed E-state index contributed by atoms with van der Waals surface area (Å²) in [4.78, 5) is 4.30. The minimum atomic E-state index is -0.697. The summed E-state index contributed by atoms with van der Waals surface area (Å²) in [7, 11) is 0. The molecule has 2 atom stereocenters. The number of anilines is 1. The lowest BCUT2D eigenvalue weighted by Crippen LogP contribution is -2.62. The van der Waals surface area contributed by atoms with E-state index in [0.717, 1.165) is 48.6 Å². The van der Waals surface area contributed by atoms with Crippen molar-refractivity contribution in [2.45, 2.75) is 31.2 Å². The number of aromatic nitrogens is 4. The molecule has 1 aliphatic rings. The first kappa shape index (κ1) is 26.1. The number of hydrogen-bond donors (Lipinski definition) is 1. The second-order valence-corrected chi connectivity index (χ2v) is 11.5. The summed E-state index contributed by atoms with van der Waals surface area (Å²) in [5.41, 5.74) is 4.12. The van der Waals surface area contributed by atoms with Crippen molar-refractivity contribution in [3.05, 3.63) is 156 Å². The van der Waals surface area contributed by atoms with Gasteiger partial charge >= 0.3 is 5.95 Å². The van der Waals surface area contributed by atoms with Crippen LogP contribution in [0, 0.1) is 5.92 Å². The zero-order valence-corrected chi connectivity index (χ0v) is 24.0. The molecule has 0 saturated carbocycles. The summed E-state index contributed by atoms with van der Waals surface area (Å²) in [5, 5.41) is 16.0. The lowest BCUT2D eigenvalue weighted by molar-refractivity contribution is -0.836. The number of benzene rings is 5. The van der Waals surface area contributed by atoms with Gasteiger partial charge in [0.1, 0.15) is 0 Å². The number of nitrogens with zero attached hydrogens (tertiary/aromatic N) is 4. The highest BCUT2D eigenvalue weighted by molar-refractivity contribution is 5.86. The van der Waals surface area contributed by atoms with E-state index in [1.807, 2.05) is 4.80 Å². The normalized spacial score (nSPS) is 16.1. The Morgan fingerprint density at radius 2 is 1.33 bits per heavy atom. The van der Waals surface area contributed by atoms with Crippen LogP contribution in [-0.2, 0) is 5.54 Å². The van der Waals surface area contributed by atoms with Gasteiger partial charge in [0.15, 0.2) is 0 Å². The number of tetrazole rings is 1. The molecule has 7 rings (SSSR count). The molecule has 5 heteroatoms. The molecule has 5 aromatic carbocycles. The Kier molecular flexibility index (Phi) is 7.00. The quantitative estimate of drug-likeness (QED) is 0.162. The van der Waals surface area contributed by atoms with Crippen molar-refractivity contribution in [2.75, 3.05) is 18.0 Å². The van der Waals surface area contributed by atoms with Crippen LogP contribution in [0.1, 0.15) is 47.9 Å². The first-order valence-corrected chi connectivity index (χ1v) is 15.0. The van der Waals surface area contributed by atoms with Crippen LogP contribution in [0.5, 0.6) is 0 Å². The number of fused-ring (bicyclic) bond motifs is 1. The summed E-state index contributed by atoms with van der Waals surface area (Å²) in [6.07, 6.45) is 2.29. The van der Waals surface area contributed by atoms with Crippen LogP contribution >= 0.6 is 0 Å². The minimum absolute atomic E-state index is 0.486. The van der Waals surface area contributed by atoms with Crippen molar-refractivity contribution >= 4 is 16.7 Å². The van der Waals surface area contributed by atoms with Gasteiger partial charge < -0.3 is 4.90 Å². The van der Waals surface area contributed by atoms with E-state index in [-0.39, 0.29) is 0 Å². The Labute approximate surface area is 247 Å². The maximum Gasteiger partial charge on any atom is 0.403 e. The van der Waals surface area contributed by atoms with Crippen LogP contribution in [0.3, 0.4) is 0 Å². The zero-order valence-electron chi connectivity index (χ0n) is 24.0. The molecule has 0 aliphatic carbocycles. The van der Waals surface area contributed by atoms with Gasteiger partial charge in [-0.2, -0.15) is 0 Å². The highest BCUT2D eigenvalue weighted by atomic mass is 15.6. The molecule has 1 N–H and O–H groups in total. The third kappa shape index (κ3) is 4.65. The summed E-state index contributed by atoms with van der Waals surface area (Å²) < 4.78 is 0. The molecule has 1 aromatic heterocycles. The molecule has 0 spiro atoms. The molecule has 0 amide bonds. The third-order valence-corrected chi connectivity index (χ3v) is 8.94. The van der Waals surface area contributed by atoms with Gasteiger partial charge in [0.2, 0.25) is 5.54 Å². The van der Waals surface area contributed by atoms with Gasteiger partial charge in [0.05, 0.1) is 5.10 Å². The monoisotopic (exact) mass is 550 g/mol. The van der Waals surface area contributed by atoms with Crippen LogP contribution in [0.15, 0.2) is 133 Å². The van der Waals surface area contributed by atoms with Crippen molar-refractivity contribution in [2.24, 2.45) is 5.92 Å². The van der Waals surface area contributed by atoms with Crippen molar-refractivity contribution < 1.29 is 4.80 Å². The molecule has 1 saturated heterocycles. The Balaban J connectivity index is 1.20. The molecule has 1 aliphatic heterocycles. The number of hydrogen-bond acceptors (Lipinski definition) is 3. The predicted octanol–water partition coefficient (Wildman–Crippen LogP) is 7.11. The highest BCUT2D eigenvalue weighted by Gasteiger charge is 2.47. The predicted molar refractivity (Wildman–Crippen MR) is 168 cm³/mol. The first-order chi connectivity index (χ1) is 20.7. The van der Waals surface area contributed by atoms with Gasteiger partial charge in [-0.25, -0.2) is 0 Å². The Bertz CT molecular complexity index is 1660.